The summed E-state index contributed by atoms with van der Waals surface area (Å²) in [5, 5.41) is 0. The van der Waals surface area contributed by atoms with Crippen molar-refractivity contribution in [1.82, 2.24) is 0 Å². The summed E-state index contributed by atoms with van der Waals surface area (Å²) in [4.78, 5) is 0. The maximum absolute atomic E-state index is 13.2. The molecule has 0 bridgehead atoms. The van der Waals surface area contributed by atoms with Crippen LogP contribution in [0.25, 0.3) is 0 Å². The van der Waals surface area contributed by atoms with Gasteiger partial charge in [-0.3, -0.25) is 0 Å². The van der Waals surface area contributed by atoms with Crippen molar-refractivity contribution in [3.63, 3.8) is 0 Å². The molecule has 0 heterocycles. The molecule has 2 N–H and O–H groups in total. The molecular formula is C14H12BrF2NO. The van der Waals surface area contributed by atoms with E-state index in [2.05, 4.69) is 15.9 Å². The third kappa shape index (κ3) is 3.52. The van der Waals surface area contributed by atoms with Gasteiger partial charge >= 0.3 is 0 Å². The van der Waals surface area contributed by atoms with Crippen LogP contribution in [0.2, 0.25) is 0 Å². The highest BCUT2D eigenvalue weighted by atomic mass is 79.9. The molecule has 19 heavy (non-hydrogen) atoms. The molecule has 0 amide bonds. The third-order valence-corrected chi connectivity index (χ3v) is 3.17. The summed E-state index contributed by atoms with van der Waals surface area (Å²) in [6, 6.07) is 8.35. The van der Waals surface area contributed by atoms with Crippen LogP contribution in [0.1, 0.15) is 5.56 Å². The Labute approximate surface area is 118 Å². The Morgan fingerprint density at radius 1 is 1.00 bits per heavy atom. The SMILES string of the molecule is NCCc1cc(F)ccc1Oc1ccc(F)cc1Br. The Bertz CT molecular complexity index is 590. The van der Waals surface area contributed by atoms with Crippen LogP contribution >= 0.6 is 15.9 Å². The standard InChI is InChI=1S/C14H12BrF2NO/c15-12-8-11(17)2-4-14(12)19-13-3-1-10(16)7-9(13)5-6-18/h1-4,7-8H,5-6,18H2. The predicted octanol–water partition coefficient (Wildman–Crippen LogP) is 4.02. The summed E-state index contributed by atoms with van der Waals surface area (Å²) in [6.45, 7) is 0.393. The molecule has 0 atom stereocenters. The molecule has 5 heteroatoms. The van der Waals surface area contributed by atoms with Crippen LogP contribution in [0, 0.1) is 11.6 Å². The van der Waals surface area contributed by atoms with Gasteiger partial charge in [-0.25, -0.2) is 8.78 Å². The molecular weight excluding hydrogens is 316 g/mol. The number of hydrogen-bond acceptors (Lipinski definition) is 2. The minimum atomic E-state index is -0.361. The fourth-order valence-corrected chi connectivity index (χ4v) is 2.11. The molecule has 2 aromatic rings. The third-order valence-electron chi connectivity index (χ3n) is 2.55. The molecule has 2 nitrogen and oxygen atoms in total. The summed E-state index contributed by atoms with van der Waals surface area (Å²) < 4.78 is 32.3. The fraction of sp³-hybridized carbons (Fsp3) is 0.143. The van der Waals surface area contributed by atoms with E-state index >= 15 is 0 Å². The highest BCUT2D eigenvalue weighted by Crippen LogP contribution is 2.32. The van der Waals surface area contributed by atoms with Gasteiger partial charge < -0.3 is 10.5 Å². The zero-order valence-electron chi connectivity index (χ0n) is 10.00. The number of ether oxygens (including phenoxy) is 1. The molecule has 0 aliphatic carbocycles. The molecule has 0 fully saturated rings. The summed E-state index contributed by atoms with van der Waals surface area (Å²) in [6.07, 6.45) is 0.506. The first-order valence-corrected chi connectivity index (χ1v) is 6.51. The van der Waals surface area contributed by atoms with E-state index in [0.717, 1.165) is 0 Å². The molecule has 0 spiro atoms. The lowest BCUT2D eigenvalue weighted by atomic mass is 10.1. The number of halogens is 3. The van der Waals surface area contributed by atoms with E-state index in [1.54, 1.807) is 0 Å². The second-order valence-electron chi connectivity index (χ2n) is 3.97. The molecule has 2 rings (SSSR count). The molecule has 100 valence electrons. The van der Waals surface area contributed by atoms with Gasteiger partial charge in [0, 0.05) is 0 Å². The summed E-state index contributed by atoms with van der Waals surface area (Å²) >= 11 is 3.22. The molecule has 0 aromatic heterocycles. The monoisotopic (exact) mass is 327 g/mol. The quantitative estimate of drug-likeness (QED) is 0.920. The highest BCUT2D eigenvalue weighted by molar-refractivity contribution is 9.10. The smallest absolute Gasteiger partial charge is 0.141 e. The topological polar surface area (TPSA) is 35.2 Å². The van der Waals surface area contributed by atoms with E-state index in [1.807, 2.05) is 0 Å². The molecule has 0 radical (unpaired) electrons. The van der Waals surface area contributed by atoms with E-state index in [9.17, 15) is 8.78 Å². The largest absolute Gasteiger partial charge is 0.456 e. The van der Waals surface area contributed by atoms with Gasteiger partial charge in [0.1, 0.15) is 23.1 Å². The lowest BCUT2D eigenvalue weighted by Crippen LogP contribution is -2.04. The van der Waals surface area contributed by atoms with Crippen LogP contribution < -0.4 is 10.5 Å². The number of hydrogen-bond donors (Lipinski definition) is 1. The van der Waals surface area contributed by atoms with Crippen LogP contribution in [0.5, 0.6) is 11.5 Å². The normalized spacial score (nSPS) is 10.5. The summed E-state index contributed by atoms with van der Waals surface area (Å²) in [5.41, 5.74) is 6.17. The van der Waals surface area contributed by atoms with E-state index in [1.165, 1.54) is 36.4 Å². The van der Waals surface area contributed by atoms with Crippen molar-refractivity contribution in [2.24, 2.45) is 5.73 Å². The average molecular weight is 328 g/mol. The van der Waals surface area contributed by atoms with Gasteiger partial charge in [0.2, 0.25) is 0 Å². The van der Waals surface area contributed by atoms with Crippen molar-refractivity contribution >= 4 is 15.9 Å². The fourth-order valence-electron chi connectivity index (χ4n) is 1.67. The Morgan fingerprint density at radius 3 is 2.26 bits per heavy atom. The van der Waals surface area contributed by atoms with Crippen molar-refractivity contribution in [2.45, 2.75) is 6.42 Å². The second-order valence-corrected chi connectivity index (χ2v) is 4.82. The summed E-state index contributed by atoms with van der Waals surface area (Å²) in [5.74, 6) is 0.278. The van der Waals surface area contributed by atoms with Crippen LogP contribution in [0.15, 0.2) is 40.9 Å². The summed E-state index contributed by atoms with van der Waals surface area (Å²) in [7, 11) is 0. The van der Waals surface area contributed by atoms with E-state index in [0.29, 0.717) is 34.5 Å². The maximum Gasteiger partial charge on any atom is 0.141 e. The maximum atomic E-state index is 13.2. The van der Waals surface area contributed by atoms with E-state index < -0.39 is 0 Å². The van der Waals surface area contributed by atoms with Gasteiger partial charge in [-0.05, 0) is 70.9 Å². The highest BCUT2D eigenvalue weighted by Gasteiger charge is 2.09. The minimum absolute atomic E-state index is 0.339. The molecule has 0 aliphatic heterocycles. The predicted molar refractivity (Wildman–Crippen MR) is 73.3 cm³/mol. The Morgan fingerprint density at radius 2 is 1.63 bits per heavy atom. The van der Waals surface area contributed by atoms with Crippen molar-refractivity contribution in [2.75, 3.05) is 6.54 Å². The van der Waals surface area contributed by atoms with Crippen LogP contribution in [0.3, 0.4) is 0 Å². The molecule has 0 saturated heterocycles. The van der Waals surface area contributed by atoms with Crippen LogP contribution in [0.4, 0.5) is 8.78 Å². The van der Waals surface area contributed by atoms with Crippen molar-refractivity contribution in [3.05, 3.63) is 58.1 Å². The van der Waals surface area contributed by atoms with Crippen molar-refractivity contribution < 1.29 is 13.5 Å². The van der Waals surface area contributed by atoms with Crippen LogP contribution in [-0.2, 0) is 6.42 Å². The average Bonchev–Trinajstić information content (AvgIpc) is 2.36. The zero-order chi connectivity index (χ0) is 13.8. The number of nitrogens with two attached hydrogens (primary N) is 1. The minimum Gasteiger partial charge on any atom is -0.456 e. The first-order chi connectivity index (χ1) is 9.10. The van der Waals surface area contributed by atoms with Crippen molar-refractivity contribution in [1.29, 1.82) is 0 Å². The first-order valence-electron chi connectivity index (χ1n) is 5.71. The molecule has 0 saturated carbocycles. The number of rotatable bonds is 4. The molecule has 0 unspecified atom stereocenters. The molecule has 2 aromatic carbocycles. The Kier molecular flexibility index (Phi) is 4.50. The Hall–Kier alpha value is -1.46. The lowest BCUT2D eigenvalue weighted by molar-refractivity contribution is 0.468. The van der Waals surface area contributed by atoms with E-state index in [-0.39, 0.29) is 11.6 Å². The van der Waals surface area contributed by atoms with Crippen LogP contribution in [-0.4, -0.2) is 6.54 Å². The van der Waals surface area contributed by atoms with Gasteiger partial charge in [-0.1, -0.05) is 0 Å². The Balaban J connectivity index is 2.32. The first kappa shape index (κ1) is 14.0. The molecule has 0 aliphatic rings. The van der Waals surface area contributed by atoms with Crippen molar-refractivity contribution in [3.8, 4) is 11.5 Å². The van der Waals surface area contributed by atoms with Gasteiger partial charge in [0.25, 0.3) is 0 Å². The van der Waals surface area contributed by atoms with Gasteiger partial charge in [-0.15, -0.1) is 0 Å². The second kappa shape index (κ2) is 6.12. The van der Waals surface area contributed by atoms with Gasteiger partial charge in [0.15, 0.2) is 0 Å². The lowest BCUT2D eigenvalue weighted by Gasteiger charge is -2.12. The van der Waals surface area contributed by atoms with E-state index in [4.69, 9.17) is 10.5 Å². The number of benzene rings is 2. The van der Waals surface area contributed by atoms with Gasteiger partial charge in [-0.2, -0.15) is 0 Å². The zero-order valence-corrected chi connectivity index (χ0v) is 11.6. The van der Waals surface area contributed by atoms with Gasteiger partial charge in [0.05, 0.1) is 4.47 Å².